The molecule has 216 valence electrons. The van der Waals surface area contributed by atoms with Gasteiger partial charge in [-0.2, -0.15) is 18.3 Å². The summed E-state index contributed by atoms with van der Waals surface area (Å²) in [6, 6.07) is 11.0. The molecule has 0 bridgehead atoms. The molecule has 1 aliphatic carbocycles. The minimum Gasteiger partial charge on any atom is -0.475 e. The van der Waals surface area contributed by atoms with Crippen molar-refractivity contribution in [2.75, 3.05) is 19.7 Å². The van der Waals surface area contributed by atoms with E-state index < -0.39 is 18.2 Å². The Kier molecular flexibility index (Phi) is 10.8. The van der Waals surface area contributed by atoms with Crippen LogP contribution in [0.3, 0.4) is 0 Å². The van der Waals surface area contributed by atoms with Crippen LogP contribution in [-0.2, 0) is 27.8 Å². The summed E-state index contributed by atoms with van der Waals surface area (Å²) in [5, 5.41) is 15.5. The summed E-state index contributed by atoms with van der Waals surface area (Å²) in [4.78, 5) is 24.0. The number of nitrogens with one attached hydrogen (secondary N) is 1. The third kappa shape index (κ3) is 8.68. The summed E-state index contributed by atoms with van der Waals surface area (Å²) in [7, 11) is 2.01. The van der Waals surface area contributed by atoms with E-state index in [2.05, 4.69) is 35.3 Å². The number of carboxylic acid groups (broad SMARTS) is 1. The van der Waals surface area contributed by atoms with Crippen molar-refractivity contribution in [2.24, 2.45) is 7.05 Å². The van der Waals surface area contributed by atoms with Crippen molar-refractivity contribution in [3.8, 4) is 0 Å². The van der Waals surface area contributed by atoms with Gasteiger partial charge in [0.05, 0.1) is 12.3 Å². The van der Waals surface area contributed by atoms with E-state index in [1.54, 1.807) is 0 Å². The predicted molar refractivity (Wildman–Crippen MR) is 141 cm³/mol. The molecule has 39 heavy (non-hydrogen) atoms. The number of aromatic nitrogens is 2. The highest BCUT2D eigenvalue weighted by atomic mass is 35.5. The number of ether oxygens (including phenoxy) is 1. The first kappa shape index (κ1) is 30.9. The molecule has 2 heterocycles. The molecule has 1 saturated carbocycles. The van der Waals surface area contributed by atoms with Crippen LogP contribution in [0.15, 0.2) is 30.3 Å². The number of aliphatic carboxylic acids is 1. The summed E-state index contributed by atoms with van der Waals surface area (Å²) in [5.41, 5.74) is 3.69. The van der Waals surface area contributed by atoms with Crippen LogP contribution in [0.4, 0.5) is 13.2 Å². The fraction of sp³-hybridized carbons (Fsp3) is 0.593. The van der Waals surface area contributed by atoms with E-state index in [4.69, 9.17) is 31.3 Å². The molecule has 1 saturated heterocycles. The van der Waals surface area contributed by atoms with E-state index in [1.807, 2.05) is 30.8 Å². The highest BCUT2D eigenvalue weighted by Gasteiger charge is 2.39. The first-order chi connectivity index (χ1) is 18.4. The number of hydrogen-bond donors (Lipinski definition) is 2. The predicted octanol–water partition coefficient (Wildman–Crippen LogP) is 4.49. The summed E-state index contributed by atoms with van der Waals surface area (Å²) >= 11 is 6.08. The zero-order valence-corrected chi connectivity index (χ0v) is 23.1. The number of halogens is 4. The Morgan fingerprint density at radius 2 is 1.79 bits per heavy atom. The number of carbonyl (C=O) groups is 2. The molecule has 2 N–H and O–H groups in total. The number of rotatable bonds is 6. The topological polar surface area (TPSA) is 96.7 Å². The van der Waals surface area contributed by atoms with E-state index in [0.717, 1.165) is 37.1 Å². The van der Waals surface area contributed by atoms with Crippen molar-refractivity contribution >= 4 is 23.5 Å². The minimum atomic E-state index is -5.08. The molecule has 2 fully saturated rings. The number of alkyl halides is 3. The maximum atomic E-state index is 12.5. The fourth-order valence-electron chi connectivity index (χ4n) is 5.17. The smallest absolute Gasteiger partial charge is 0.475 e. The lowest BCUT2D eigenvalue weighted by atomic mass is 9.82. The molecule has 2 aliphatic rings. The maximum Gasteiger partial charge on any atom is 0.490 e. The maximum absolute atomic E-state index is 12.5. The first-order valence-electron chi connectivity index (χ1n) is 13.1. The molecule has 8 nitrogen and oxygen atoms in total. The molecule has 12 heteroatoms. The van der Waals surface area contributed by atoms with Crippen molar-refractivity contribution < 1.29 is 32.6 Å². The molecular weight excluding hydrogens is 537 g/mol. The van der Waals surface area contributed by atoms with E-state index in [9.17, 15) is 18.0 Å². The Labute approximate surface area is 231 Å². The molecule has 0 spiro atoms. The third-order valence-corrected chi connectivity index (χ3v) is 7.57. The second-order valence-electron chi connectivity index (χ2n) is 10.0. The molecule has 1 aliphatic heterocycles. The van der Waals surface area contributed by atoms with E-state index in [-0.39, 0.29) is 11.9 Å². The van der Waals surface area contributed by atoms with Gasteiger partial charge in [0.25, 0.3) is 0 Å². The van der Waals surface area contributed by atoms with Crippen LogP contribution < -0.4 is 5.32 Å². The lowest BCUT2D eigenvalue weighted by Gasteiger charge is -2.45. The zero-order chi connectivity index (χ0) is 28.7. The van der Waals surface area contributed by atoms with Gasteiger partial charge in [0.2, 0.25) is 5.91 Å². The summed E-state index contributed by atoms with van der Waals surface area (Å²) in [6.07, 6.45) is -0.0549. The lowest BCUT2D eigenvalue weighted by molar-refractivity contribution is -0.192. The van der Waals surface area contributed by atoms with Gasteiger partial charge in [0.15, 0.2) is 0 Å². The van der Waals surface area contributed by atoms with Crippen LogP contribution in [0.5, 0.6) is 0 Å². The summed E-state index contributed by atoms with van der Waals surface area (Å²) in [5.74, 6) is -2.23. The quantitative estimate of drug-likeness (QED) is 0.529. The number of amides is 1. The number of morpholine rings is 1. The van der Waals surface area contributed by atoms with Gasteiger partial charge in [-0.3, -0.25) is 14.4 Å². The van der Waals surface area contributed by atoms with Crippen molar-refractivity contribution in [1.29, 1.82) is 0 Å². The molecule has 4 rings (SSSR count). The first-order valence-corrected chi connectivity index (χ1v) is 13.5. The van der Waals surface area contributed by atoms with Gasteiger partial charge in [-0.15, -0.1) is 0 Å². The van der Waals surface area contributed by atoms with Crippen molar-refractivity contribution in [3.63, 3.8) is 0 Å². The molecule has 0 radical (unpaired) electrons. The number of likely N-dealkylation sites (N-methyl/N-ethyl adjacent to an activating group) is 1. The highest BCUT2D eigenvalue weighted by molar-refractivity contribution is 6.30. The largest absolute Gasteiger partial charge is 0.490 e. The number of benzene rings is 1. The van der Waals surface area contributed by atoms with Gasteiger partial charge in [-0.25, -0.2) is 4.79 Å². The molecule has 2 atom stereocenters. The second kappa shape index (κ2) is 13.6. The average Bonchev–Trinajstić information content (AvgIpc) is 3.23. The van der Waals surface area contributed by atoms with Crippen LogP contribution in [0.1, 0.15) is 55.5 Å². The number of hydrogen-bond acceptors (Lipinski definition) is 5. The number of carbonyl (C=O) groups excluding carboxylic acids is 1. The number of carboxylic acids is 1. The molecule has 2 aromatic rings. The third-order valence-electron chi connectivity index (χ3n) is 7.32. The van der Waals surface area contributed by atoms with Crippen molar-refractivity contribution in [1.82, 2.24) is 20.0 Å². The molecule has 1 aromatic heterocycles. The second-order valence-corrected chi connectivity index (χ2v) is 10.5. The molecule has 0 unspecified atom stereocenters. The van der Waals surface area contributed by atoms with Gasteiger partial charge < -0.3 is 15.2 Å². The molecular formula is C27H36ClF3N4O4. The molecule has 1 aromatic carbocycles. The van der Waals surface area contributed by atoms with E-state index in [0.29, 0.717) is 31.7 Å². The highest BCUT2D eigenvalue weighted by Crippen LogP contribution is 2.36. The van der Waals surface area contributed by atoms with Gasteiger partial charge in [-0.1, -0.05) is 23.7 Å². The number of nitrogens with zero attached hydrogens (tertiary/aromatic N) is 3. The van der Waals surface area contributed by atoms with Gasteiger partial charge in [0.1, 0.15) is 6.10 Å². The Morgan fingerprint density at radius 1 is 1.18 bits per heavy atom. The monoisotopic (exact) mass is 572 g/mol. The SMILES string of the molecule is CCNC(=O)[C@H]1CN(C2CCC(c3cc(C)n(C)n3)CC2)[C@@H](Cc2ccc(Cl)cc2)CO1.O=C(O)C(F)(F)F. The number of aryl methyl sites for hydroxylation is 2. The van der Waals surface area contributed by atoms with E-state index in [1.165, 1.54) is 17.0 Å². The van der Waals surface area contributed by atoms with Crippen molar-refractivity contribution in [2.45, 2.75) is 76.2 Å². The van der Waals surface area contributed by atoms with Gasteiger partial charge in [-0.05, 0) is 69.7 Å². The standard InChI is InChI=1S/C25H35ClN4O2.C2HF3O2/c1-4-27-25(31)24-15-30(22(16-32-24)14-18-5-9-20(26)10-6-18)21-11-7-19(8-12-21)23-13-17(2)29(3)28-23;3-2(4,5)1(6)7/h5-6,9-10,13,19,21-22,24H,4,7-8,11-12,14-16H2,1-3H3,(H,27,31);(H,6,7)/t19?,21?,22-,24+;/m0./s1. The molecule has 1 amide bonds. The minimum absolute atomic E-state index is 0.0000830. The normalized spacial score (nSPS) is 24.0. The summed E-state index contributed by atoms with van der Waals surface area (Å²) < 4.78 is 39.7. The van der Waals surface area contributed by atoms with Crippen LogP contribution in [0.2, 0.25) is 5.02 Å². The van der Waals surface area contributed by atoms with Crippen LogP contribution in [0, 0.1) is 6.92 Å². The van der Waals surface area contributed by atoms with E-state index >= 15 is 0 Å². The Hall–Kier alpha value is -2.63. The zero-order valence-electron chi connectivity index (χ0n) is 22.4. The average molecular weight is 573 g/mol. The van der Waals surface area contributed by atoms with Gasteiger partial charge in [0, 0.05) is 48.9 Å². The van der Waals surface area contributed by atoms with Crippen molar-refractivity contribution in [3.05, 3.63) is 52.3 Å². The van der Waals surface area contributed by atoms with Crippen LogP contribution >= 0.6 is 11.6 Å². The fourth-order valence-corrected chi connectivity index (χ4v) is 5.30. The lowest BCUT2D eigenvalue weighted by Crippen LogP contribution is -2.58. The summed E-state index contributed by atoms with van der Waals surface area (Å²) in [6.45, 7) is 5.91. The van der Waals surface area contributed by atoms with Crippen LogP contribution in [-0.4, -0.2) is 75.7 Å². The Balaban J connectivity index is 0.000000532. The van der Waals surface area contributed by atoms with Gasteiger partial charge >= 0.3 is 12.1 Å². The Morgan fingerprint density at radius 3 is 2.31 bits per heavy atom. The van der Waals surface area contributed by atoms with Crippen LogP contribution in [0.25, 0.3) is 0 Å². The Bertz CT molecular complexity index is 1080.